The molecule has 4 atom stereocenters. The Kier molecular flexibility index (Phi) is 64.6. The highest BCUT2D eigenvalue weighted by molar-refractivity contribution is 5.80. The molecule has 0 bridgehead atoms. The molecule has 0 aliphatic carbocycles. The van der Waals surface area contributed by atoms with E-state index in [1.807, 2.05) is 0 Å². The zero-order chi connectivity index (χ0) is 55.8. The number of amides is 1. The van der Waals surface area contributed by atoms with E-state index in [0.717, 1.165) is 38.5 Å². The number of carbonyl (C=O) groups is 1. The van der Waals surface area contributed by atoms with Crippen LogP contribution in [0.4, 0.5) is 0 Å². The van der Waals surface area contributed by atoms with E-state index in [0.29, 0.717) is 19.3 Å². The Labute approximate surface area is 482 Å². The zero-order valence-electron chi connectivity index (χ0n) is 52.2. The summed E-state index contributed by atoms with van der Waals surface area (Å²) in [5.74, 6) is -0.589. The van der Waals surface area contributed by atoms with Gasteiger partial charge in [0.25, 0.3) is 0 Å². The molecular formula is C71H139NO5. The third-order valence-electron chi connectivity index (χ3n) is 16.9. The summed E-state index contributed by atoms with van der Waals surface area (Å²) in [6.07, 6.45) is 83.2. The lowest BCUT2D eigenvalue weighted by Crippen LogP contribution is -2.53. The van der Waals surface area contributed by atoms with Crippen molar-refractivity contribution in [3.63, 3.8) is 0 Å². The second kappa shape index (κ2) is 65.6. The van der Waals surface area contributed by atoms with Crippen LogP contribution in [-0.2, 0) is 4.79 Å². The average molecular weight is 1090 g/mol. The highest BCUT2D eigenvalue weighted by atomic mass is 16.3. The number of aliphatic hydroxyl groups excluding tert-OH is 4. The minimum atomic E-state index is -1.29. The molecule has 0 spiro atoms. The molecule has 0 heterocycles. The summed E-state index contributed by atoms with van der Waals surface area (Å²) in [6, 6.07) is -1.01. The fourth-order valence-corrected chi connectivity index (χ4v) is 11.4. The lowest BCUT2D eigenvalue weighted by atomic mass is 10.00. The lowest BCUT2D eigenvalue weighted by Gasteiger charge is -2.27. The number of hydrogen-bond donors (Lipinski definition) is 5. The Morgan fingerprint density at radius 1 is 0.312 bits per heavy atom. The third kappa shape index (κ3) is 59.2. The molecule has 1 amide bonds. The summed E-state index contributed by atoms with van der Waals surface area (Å²) >= 11 is 0. The Bertz CT molecular complexity index is 1170. The van der Waals surface area contributed by atoms with Gasteiger partial charge in [-0.05, 0) is 51.4 Å². The number of carbonyl (C=O) groups excluding carboxylic acids is 1. The van der Waals surface area contributed by atoms with Crippen LogP contribution in [-0.4, -0.2) is 57.3 Å². The van der Waals surface area contributed by atoms with Crippen LogP contribution >= 0.6 is 0 Å². The molecule has 0 aromatic heterocycles. The minimum absolute atomic E-state index is 0.365. The Hall–Kier alpha value is -1.21. The average Bonchev–Trinajstić information content (AvgIpc) is 3.43. The molecule has 0 aromatic carbocycles. The van der Waals surface area contributed by atoms with E-state index in [4.69, 9.17) is 0 Å². The SMILES string of the molecule is CCCCCCCCCCCCCCCCCCCC/C=C/CC/C=C/CCCC(O)C(O)C(CO)NC(=O)C(O)CCCCCCCCCCCCCCCCCCCCCCCCCCCCCCCCCCCC. The highest BCUT2D eigenvalue weighted by Crippen LogP contribution is 2.20. The Morgan fingerprint density at radius 2 is 0.545 bits per heavy atom. The summed E-state index contributed by atoms with van der Waals surface area (Å²) in [4.78, 5) is 12.7. The van der Waals surface area contributed by atoms with Gasteiger partial charge in [-0.1, -0.05) is 366 Å². The maximum absolute atomic E-state index is 12.7. The Balaban J connectivity index is 3.56. The summed E-state index contributed by atoms with van der Waals surface area (Å²) < 4.78 is 0. The number of unbranched alkanes of at least 4 members (excludes halogenated alkanes) is 53. The van der Waals surface area contributed by atoms with Crippen molar-refractivity contribution in [3.05, 3.63) is 24.3 Å². The van der Waals surface area contributed by atoms with Crippen LogP contribution in [0.15, 0.2) is 24.3 Å². The highest BCUT2D eigenvalue weighted by Gasteiger charge is 2.28. The number of aliphatic hydroxyl groups is 4. The molecule has 0 aromatic rings. The molecule has 5 N–H and O–H groups in total. The van der Waals surface area contributed by atoms with Crippen molar-refractivity contribution < 1.29 is 25.2 Å². The molecule has 0 radical (unpaired) electrons. The van der Waals surface area contributed by atoms with Gasteiger partial charge in [0, 0.05) is 0 Å². The molecule has 0 saturated heterocycles. The second-order valence-corrected chi connectivity index (χ2v) is 24.6. The van der Waals surface area contributed by atoms with Gasteiger partial charge in [-0.25, -0.2) is 0 Å². The van der Waals surface area contributed by atoms with Crippen LogP contribution < -0.4 is 5.32 Å². The Morgan fingerprint density at radius 3 is 0.818 bits per heavy atom. The normalized spacial score (nSPS) is 13.6. The van der Waals surface area contributed by atoms with Gasteiger partial charge < -0.3 is 25.7 Å². The van der Waals surface area contributed by atoms with Gasteiger partial charge in [0.05, 0.1) is 18.8 Å². The van der Waals surface area contributed by atoms with Gasteiger partial charge in [0.1, 0.15) is 12.2 Å². The second-order valence-electron chi connectivity index (χ2n) is 24.6. The maximum Gasteiger partial charge on any atom is 0.249 e. The van der Waals surface area contributed by atoms with Crippen LogP contribution in [0.3, 0.4) is 0 Å². The van der Waals surface area contributed by atoms with Crippen LogP contribution in [0, 0.1) is 0 Å². The number of rotatable bonds is 66. The van der Waals surface area contributed by atoms with Crippen molar-refractivity contribution in [1.29, 1.82) is 0 Å². The van der Waals surface area contributed by atoms with E-state index in [-0.39, 0.29) is 0 Å². The van der Waals surface area contributed by atoms with Gasteiger partial charge in [0.2, 0.25) is 5.91 Å². The number of nitrogens with one attached hydrogen (secondary N) is 1. The molecule has 458 valence electrons. The van der Waals surface area contributed by atoms with E-state index in [1.54, 1.807) is 0 Å². The van der Waals surface area contributed by atoms with Crippen LogP contribution in [0.2, 0.25) is 0 Å². The van der Waals surface area contributed by atoms with Gasteiger partial charge in [-0.3, -0.25) is 4.79 Å². The van der Waals surface area contributed by atoms with Gasteiger partial charge in [-0.2, -0.15) is 0 Å². The number of hydrogen-bond acceptors (Lipinski definition) is 5. The molecule has 0 saturated carbocycles. The van der Waals surface area contributed by atoms with Crippen molar-refractivity contribution >= 4 is 5.91 Å². The molecule has 4 unspecified atom stereocenters. The molecule has 6 heteroatoms. The molecular weight excluding hydrogens is 947 g/mol. The lowest BCUT2D eigenvalue weighted by molar-refractivity contribution is -0.132. The molecule has 0 fully saturated rings. The van der Waals surface area contributed by atoms with E-state index >= 15 is 0 Å². The molecule has 0 aliphatic heterocycles. The summed E-state index contributed by atoms with van der Waals surface area (Å²) in [5, 5.41) is 44.2. The smallest absolute Gasteiger partial charge is 0.249 e. The van der Waals surface area contributed by atoms with Gasteiger partial charge in [0.15, 0.2) is 0 Å². The molecule has 77 heavy (non-hydrogen) atoms. The van der Waals surface area contributed by atoms with Gasteiger partial charge in [-0.15, -0.1) is 0 Å². The fraction of sp³-hybridized carbons (Fsp3) is 0.930. The molecule has 0 aliphatic rings. The first kappa shape index (κ1) is 75.8. The van der Waals surface area contributed by atoms with Crippen LogP contribution in [0.5, 0.6) is 0 Å². The topological polar surface area (TPSA) is 110 Å². The molecule has 0 rings (SSSR count). The predicted molar refractivity (Wildman–Crippen MR) is 339 cm³/mol. The van der Waals surface area contributed by atoms with Crippen molar-refractivity contribution in [3.8, 4) is 0 Å². The summed E-state index contributed by atoms with van der Waals surface area (Å²) in [5.41, 5.74) is 0. The standard InChI is InChI=1S/C71H139NO5/c1-3-5-7-9-11-13-15-17-19-21-23-25-27-29-31-32-33-34-35-36-37-39-41-43-45-47-49-51-53-55-57-59-61-63-65-69(75)71(77)72-67(66-73)70(76)68(74)64-62-60-58-56-54-52-50-48-46-44-42-40-38-30-28-26-24-22-20-18-16-14-12-10-8-6-4-2/h48,50,56,58,67-70,73-76H,3-47,49,51-55,57,59-66H2,1-2H3,(H,72,77)/b50-48+,58-56+. The fourth-order valence-electron chi connectivity index (χ4n) is 11.4. The van der Waals surface area contributed by atoms with E-state index in [1.165, 1.54) is 321 Å². The largest absolute Gasteiger partial charge is 0.394 e. The first-order valence-electron chi connectivity index (χ1n) is 35.2. The summed E-state index contributed by atoms with van der Waals surface area (Å²) in [6.45, 7) is 4.10. The van der Waals surface area contributed by atoms with E-state index in [9.17, 15) is 25.2 Å². The van der Waals surface area contributed by atoms with E-state index < -0.39 is 36.9 Å². The summed E-state index contributed by atoms with van der Waals surface area (Å²) in [7, 11) is 0. The van der Waals surface area contributed by atoms with Crippen LogP contribution in [0.1, 0.15) is 393 Å². The first-order chi connectivity index (χ1) is 38.0. The van der Waals surface area contributed by atoms with Crippen molar-refractivity contribution in [2.45, 2.75) is 417 Å². The zero-order valence-corrected chi connectivity index (χ0v) is 52.2. The quantitative estimate of drug-likeness (QED) is 0.0308. The predicted octanol–water partition coefficient (Wildman–Crippen LogP) is 21.7. The number of allylic oxidation sites excluding steroid dienone is 4. The van der Waals surface area contributed by atoms with E-state index in [2.05, 4.69) is 43.5 Å². The maximum atomic E-state index is 12.7. The third-order valence-corrected chi connectivity index (χ3v) is 16.9. The van der Waals surface area contributed by atoms with Gasteiger partial charge >= 0.3 is 0 Å². The first-order valence-corrected chi connectivity index (χ1v) is 35.2. The van der Waals surface area contributed by atoms with Crippen LogP contribution in [0.25, 0.3) is 0 Å². The monoisotopic (exact) mass is 1090 g/mol. The molecule has 6 nitrogen and oxygen atoms in total. The van der Waals surface area contributed by atoms with Crippen molar-refractivity contribution in [1.82, 2.24) is 5.32 Å². The van der Waals surface area contributed by atoms with Crippen molar-refractivity contribution in [2.75, 3.05) is 6.61 Å². The minimum Gasteiger partial charge on any atom is -0.394 e. The van der Waals surface area contributed by atoms with Crippen molar-refractivity contribution in [2.24, 2.45) is 0 Å².